The van der Waals surface area contributed by atoms with Gasteiger partial charge in [-0.15, -0.1) is 10.2 Å². The second-order valence-electron chi connectivity index (χ2n) is 7.00. The van der Waals surface area contributed by atoms with Crippen molar-refractivity contribution in [2.45, 2.75) is 31.0 Å². The molecule has 0 spiro atoms. The van der Waals surface area contributed by atoms with Crippen molar-refractivity contribution in [3.8, 4) is 6.07 Å². The van der Waals surface area contributed by atoms with E-state index in [2.05, 4.69) is 34.5 Å². The Balaban J connectivity index is 1.72. The minimum absolute atomic E-state index is 0.130. The van der Waals surface area contributed by atoms with Crippen molar-refractivity contribution in [1.29, 1.82) is 5.26 Å². The van der Waals surface area contributed by atoms with E-state index >= 15 is 0 Å². The Morgan fingerprint density at radius 1 is 1.25 bits per heavy atom. The number of hydrogen-bond donors (Lipinski definition) is 1. The summed E-state index contributed by atoms with van der Waals surface area (Å²) in [4.78, 5) is 13.8. The first-order valence-electron chi connectivity index (χ1n) is 8.80. The van der Waals surface area contributed by atoms with Crippen LogP contribution in [0.15, 0.2) is 47.6 Å². The van der Waals surface area contributed by atoms with Crippen LogP contribution in [0.5, 0.6) is 0 Å². The van der Waals surface area contributed by atoms with E-state index in [1.807, 2.05) is 24.3 Å². The maximum atomic E-state index is 12.3. The number of hydrogen-bond acceptors (Lipinski definition) is 6. The summed E-state index contributed by atoms with van der Waals surface area (Å²) in [6, 6.07) is 16.4. The van der Waals surface area contributed by atoms with Crippen molar-refractivity contribution in [2.75, 3.05) is 18.6 Å². The molecule has 0 fully saturated rings. The van der Waals surface area contributed by atoms with Crippen LogP contribution in [-0.4, -0.2) is 44.0 Å². The number of nitrogens with zero attached hydrogens (tertiary/aromatic N) is 5. The van der Waals surface area contributed by atoms with Gasteiger partial charge in [-0.2, -0.15) is 5.26 Å². The molecule has 144 valence electrons. The number of carbonyl (C=O) groups is 1. The van der Waals surface area contributed by atoms with Crippen molar-refractivity contribution in [1.82, 2.24) is 19.8 Å². The van der Waals surface area contributed by atoms with Gasteiger partial charge in [0.2, 0.25) is 11.1 Å². The second-order valence-corrected chi connectivity index (χ2v) is 7.94. The number of amides is 1. The van der Waals surface area contributed by atoms with Gasteiger partial charge in [0.15, 0.2) is 5.82 Å². The number of nitrogens with two attached hydrogens (primary N) is 1. The van der Waals surface area contributed by atoms with Gasteiger partial charge in [0, 0.05) is 13.5 Å². The maximum absolute atomic E-state index is 12.3. The lowest BCUT2D eigenvalue weighted by Crippen LogP contribution is -2.44. The molecule has 7 nitrogen and oxygen atoms in total. The fourth-order valence-corrected chi connectivity index (χ4v) is 3.54. The smallest absolute Gasteiger partial charge is 0.234 e. The first-order chi connectivity index (χ1) is 13.3. The van der Waals surface area contributed by atoms with Gasteiger partial charge >= 0.3 is 0 Å². The monoisotopic (exact) mass is 394 g/mol. The molecule has 1 heterocycles. The number of fused-ring (bicyclic) bond motifs is 1. The van der Waals surface area contributed by atoms with E-state index in [4.69, 9.17) is 11.1 Å². The molecule has 0 bridgehead atoms. The molecule has 0 unspecified atom stereocenters. The molecule has 1 amide bonds. The topological polar surface area (TPSA) is 101 Å². The number of carbonyl (C=O) groups excluding carboxylic acids is 1. The highest BCUT2D eigenvalue weighted by Gasteiger charge is 2.27. The van der Waals surface area contributed by atoms with Crippen LogP contribution in [0.1, 0.15) is 25.2 Å². The average molecular weight is 395 g/mol. The van der Waals surface area contributed by atoms with Crippen LogP contribution < -0.4 is 5.84 Å². The third-order valence-electron chi connectivity index (χ3n) is 4.77. The van der Waals surface area contributed by atoms with Gasteiger partial charge in [-0.1, -0.05) is 54.2 Å². The average Bonchev–Trinajstić information content (AvgIpc) is 3.05. The molecule has 0 radical (unpaired) electrons. The van der Waals surface area contributed by atoms with Crippen LogP contribution in [0.3, 0.4) is 0 Å². The number of benzene rings is 2. The molecule has 2 N–H and O–H groups in total. The van der Waals surface area contributed by atoms with Crippen LogP contribution >= 0.6 is 11.8 Å². The summed E-state index contributed by atoms with van der Waals surface area (Å²) >= 11 is 1.21. The predicted molar refractivity (Wildman–Crippen MR) is 110 cm³/mol. The van der Waals surface area contributed by atoms with Crippen molar-refractivity contribution < 1.29 is 4.79 Å². The van der Waals surface area contributed by atoms with E-state index in [1.165, 1.54) is 21.3 Å². The Bertz CT molecular complexity index is 1050. The standard InChI is InChI=1S/C20H22N6OS/c1-20(2,13-21)25(3)18(27)12-28-19-24-23-17(26(19)22)11-15-9-6-8-14-7-4-5-10-16(14)15/h4-10H,11-12,22H2,1-3H3. The van der Waals surface area contributed by atoms with Gasteiger partial charge in [-0.05, 0) is 30.2 Å². The summed E-state index contributed by atoms with van der Waals surface area (Å²) in [5.74, 6) is 6.74. The Labute approximate surface area is 168 Å². The van der Waals surface area contributed by atoms with Crippen molar-refractivity contribution >= 4 is 28.4 Å². The van der Waals surface area contributed by atoms with Crippen LogP contribution in [0.4, 0.5) is 0 Å². The summed E-state index contributed by atoms with van der Waals surface area (Å²) in [7, 11) is 1.62. The number of rotatable bonds is 6. The lowest BCUT2D eigenvalue weighted by atomic mass is 10.0. The van der Waals surface area contributed by atoms with Crippen LogP contribution in [0.25, 0.3) is 10.8 Å². The highest BCUT2D eigenvalue weighted by atomic mass is 32.2. The summed E-state index contributed by atoms with van der Waals surface area (Å²) in [5.41, 5.74) is 0.244. The molecule has 3 rings (SSSR count). The summed E-state index contributed by atoms with van der Waals surface area (Å²) in [6.45, 7) is 3.40. The largest absolute Gasteiger partial charge is 0.336 e. The Morgan fingerprint density at radius 3 is 2.71 bits per heavy atom. The fraction of sp³-hybridized carbons (Fsp3) is 0.300. The third kappa shape index (κ3) is 3.94. The van der Waals surface area contributed by atoms with Crippen molar-refractivity contribution in [3.63, 3.8) is 0 Å². The van der Waals surface area contributed by atoms with E-state index in [-0.39, 0.29) is 11.7 Å². The van der Waals surface area contributed by atoms with Crippen LogP contribution in [-0.2, 0) is 11.2 Å². The number of nitriles is 1. The predicted octanol–water partition coefficient (Wildman–Crippen LogP) is 2.59. The molecular weight excluding hydrogens is 372 g/mol. The molecule has 28 heavy (non-hydrogen) atoms. The normalized spacial score (nSPS) is 11.4. The Hall–Kier alpha value is -3.05. The minimum atomic E-state index is -0.868. The fourth-order valence-electron chi connectivity index (χ4n) is 2.75. The first kappa shape index (κ1) is 19.7. The maximum Gasteiger partial charge on any atom is 0.234 e. The van der Waals surface area contributed by atoms with E-state index in [0.717, 1.165) is 16.3 Å². The van der Waals surface area contributed by atoms with E-state index in [1.54, 1.807) is 20.9 Å². The van der Waals surface area contributed by atoms with Crippen LogP contribution in [0.2, 0.25) is 0 Å². The quantitative estimate of drug-likeness (QED) is 0.509. The molecule has 8 heteroatoms. The SMILES string of the molecule is CN(C(=O)CSc1nnc(Cc2cccc3ccccc23)n1N)C(C)(C)C#N. The van der Waals surface area contributed by atoms with E-state index in [0.29, 0.717) is 17.4 Å². The number of nitrogen functional groups attached to an aromatic ring is 1. The number of thioether (sulfide) groups is 1. The zero-order valence-electron chi connectivity index (χ0n) is 16.1. The summed E-state index contributed by atoms with van der Waals surface area (Å²) in [6.07, 6.45) is 0.542. The highest BCUT2D eigenvalue weighted by molar-refractivity contribution is 7.99. The third-order valence-corrected chi connectivity index (χ3v) is 5.70. The van der Waals surface area contributed by atoms with Crippen molar-refractivity contribution in [2.24, 2.45) is 0 Å². The van der Waals surface area contributed by atoms with Gasteiger partial charge in [0.25, 0.3) is 0 Å². The van der Waals surface area contributed by atoms with E-state index in [9.17, 15) is 4.79 Å². The molecule has 0 atom stereocenters. The van der Waals surface area contributed by atoms with Gasteiger partial charge in [-0.25, -0.2) is 4.68 Å². The molecule has 3 aromatic rings. The molecule has 0 saturated carbocycles. The van der Waals surface area contributed by atoms with Crippen LogP contribution in [0, 0.1) is 11.3 Å². The molecule has 0 saturated heterocycles. The highest BCUT2D eigenvalue weighted by Crippen LogP contribution is 2.22. The summed E-state index contributed by atoms with van der Waals surface area (Å²) in [5, 5.41) is 20.3. The first-order valence-corrected chi connectivity index (χ1v) is 9.79. The molecule has 0 aliphatic carbocycles. The van der Waals surface area contributed by atoms with Gasteiger partial charge in [-0.3, -0.25) is 4.79 Å². The molecule has 1 aromatic heterocycles. The van der Waals surface area contributed by atoms with Gasteiger partial charge in [0.1, 0.15) is 5.54 Å². The van der Waals surface area contributed by atoms with Gasteiger partial charge < -0.3 is 10.7 Å². The van der Waals surface area contributed by atoms with Gasteiger partial charge in [0.05, 0.1) is 11.8 Å². The Morgan fingerprint density at radius 2 is 1.96 bits per heavy atom. The Kier molecular flexibility index (Phi) is 5.56. The lowest BCUT2D eigenvalue weighted by Gasteiger charge is -2.28. The van der Waals surface area contributed by atoms with E-state index < -0.39 is 5.54 Å². The van der Waals surface area contributed by atoms with Crippen molar-refractivity contribution in [3.05, 3.63) is 53.9 Å². The zero-order valence-corrected chi connectivity index (χ0v) is 16.9. The summed E-state index contributed by atoms with van der Waals surface area (Å²) < 4.78 is 1.43. The second kappa shape index (κ2) is 7.90. The molecule has 0 aliphatic heterocycles. The molecule has 2 aromatic carbocycles. The molecule has 0 aliphatic rings. The lowest BCUT2D eigenvalue weighted by molar-refractivity contribution is -0.130. The minimum Gasteiger partial charge on any atom is -0.336 e. The molecular formula is C20H22N6OS. The number of aromatic nitrogens is 3. The zero-order chi connectivity index (χ0) is 20.3.